The number of halogens is 1. The van der Waals surface area contributed by atoms with Crippen LogP contribution < -0.4 is 5.32 Å². The van der Waals surface area contributed by atoms with Crippen molar-refractivity contribution in [2.75, 3.05) is 6.54 Å². The van der Waals surface area contributed by atoms with Gasteiger partial charge >= 0.3 is 0 Å². The van der Waals surface area contributed by atoms with Gasteiger partial charge in [0.1, 0.15) is 5.82 Å². The van der Waals surface area contributed by atoms with Crippen molar-refractivity contribution < 1.29 is 9.50 Å². The summed E-state index contributed by atoms with van der Waals surface area (Å²) in [5.41, 5.74) is 0.280. The van der Waals surface area contributed by atoms with Crippen LogP contribution in [0.3, 0.4) is 0 Å². The van der Waals surface area contributed by atoms with Gasteiger partial charge in [-0.2, -0.15) is 0 Å². The molecule has 4 heteroatoms. The lowest BCUT2D eigenvalue weighted by molar-refractivity contribution is -0.0343. The van der Waals surface area contributed by atoms with Gasteiger partial charge < -0.3 is 10.4 Å². The van der Waals surface area contributed by atoms with Crippen molar-refractivity contribution in [2.24, 2.45) is 5.92 Å². The van der Waals surface area contributed by atoms with Gasteiger partial charge in [-0.1, -0.05) is 13.8 Å². The zero-order valence-corrected chi connectivity index (χ0v) is 11.0. The van der Waals surface area contributed by atoms with Crippen LogP contribution in [-0.4, -0.2) is 22.2 Å². The van der Waals surface area contributed by atoms with Crippen LogP contribution in [-0.2, 0) is 0 Å². The first-order valence-corrected chi connectivity index (χ1v) is 6.57. The Morgan fingerprint density at radius 1 is 1.44 bits per heavy atom. The molecule has 1 unspecified atom stereocenters. The number of nitrogens with zero attached hydrogens (tertiary/aromatic N) is 1. The van der Waals surface area contributed by atoms with E-state index in [0.29, 0.717) is 12.5 Å². The lowest BCUT2D eigenvalue weighted by Gasteiger charge is -2.38. The normalized spacial score (nSPS) is 19.6. The van der Waals surface area contributed by atoms with Gasteiger partial charge in [0.15, 0.2) is 0 Å². The molecule has 3 nitrogen and oxygen atoms in total. The van der Waals surface area contributed by atoms with Crippen molar-refractivity contribution in [3.05, 3.63) is 29.8 Å². The maximum atomic E-state index is 12.9. The molecule has 100 valence electrons. The molecule has 0 aromatic carbocycles. The molecule has 0 saturated heterocycles. The quantitative estimate of drug-likeness (QED) is 0.846. The molecule has 0 amide bonds. The maximum Gasteiger partial charge on any atom is 0.141 e. The highest BCUT2D eigenvalue weighted by molar-refractivity contribution is 5.11. The van der Waals surface area contributed by atoms with Crippen molar-refractivity contribution >= 4 is 0 Å². The van der Waals surface area contributed by atoms with Crippen LogP contribution in [0.4, 0.5) is 4.39 Å². The van der Waals surface area contributed by atoms with Crippen LogP contribution in [0.15, 0.2) is 18.3 Å². The highest BCUT2D eigenvalue weighted by Gasteiger charge is 2.35. The Kier molecular flexibility index (Phi) is 3.97. The minimum absolute atomic E-state index is 0.0511. The van der Waals surface area contributed by atoms with Gasteiger partial charge in [0.25, 0.3) is 0 Å². The van der Waals surface area contributed by atoms with E-state index in [9.17, 15) is 9.50 Å². The second-order valence-corrected chi connectivity index (χ2v) is 5.58. The molecule has 0 aliphatic heterocycles. The minimum Gasteiger partial charge on any atom is -0.389 e. The first-order valence-electron chi connectivity index (χ1n) is 6.57. The van der Waals surface area contributed by atoms with Gasteiger partial charge in [0, 0.05) is 6.54 Å². The molecule has 1 aromatic heterocycles. The standard InChI is InChI=1S/C14H21FN2O/c1-10(2)13(12-5-4-11(15)8-16-12)17-9-14(18)6-3-7-14/h4-5,8,10,13,17-18H,3,6-7,9H2,1-2H3. The second-order valence-electron chi connectivity index (χ2n) is 5.58. The topological polar surface area (TPSA) is 45.1 Å². The molecule has 0 radical (unpaired) electrons. The third-order valence-electron chi connectivity index (χ3n) is 3.67. The molecule has 2 N–H and O–H groups in total. The molecule has 1 aliphatic carbocycles. The predicted octanol–water partition coefficient (Wildman–Crippen LogP) is 2.42. The molecule has 18 heavy (non-hydrogen) atoms. The van der Waals surface area contributed by atoms with E-state index in [4.69, 9.17) is 0 Å². The third kappa shape index (κ3) is 3.06. The van der Waals surface area contributed by atoms with Crippen molar-refractivity contribution in [3.8, 4) is 0 Å². The summed E-state index contributed by atoms with van der Waals surface area (Å²) in [6, 6.07) is 3.19. The summed E-state index contributed by atoms with van der Waals surface area (Å²) >= 11 is 0. The molecule has 0 spiro atoms. The summed E-state index contributed by atoms with van der Waals surface area (Å²) in [4.78, 5) is 4.13. The Labute approximate surface area is 107 Å². The molecule has 1 aromatic rings. The summed E-state index contributed by atoms with van der Waals surface area (Å²) in [5, 5.41) is 13.5. The van der Waals surface area contributed by atoms with Gasteiger partial charge in [0.2, 0.25) is 0 Å². The minimum atomic E-state index is -0.548. The fourth-order valence-electron chi connectivity index (χ4n) is 2.31. The Bertz CT molecular complexity index is 387. The third-order valence-corrected chi connectivity index (χ3v) is 3.67. The highest BCUT2D eigenvalue weighted by Crippen LogP contribution is 2.32. The van der Waals surface area contributed by atoms with E-state index in [1.807, 2.05) is 0 Å². The maximum absolute atomic E-state index is 12.9. The number of pyridine rings is 1. The van der Waals surface area contributed by atoms with Gasteiger partial charge in [-0.15, -0.1) is 0 Å². The van der Waals surface area contributed by atoms with Gasteiger partial charge in [-0.3, -0.25) is 4.98 Å². The second kappa shape index (κ2) is 5.33. The Balaban J connectivity index is 2.01. The predicted molar refractivity (Wildman–Crippen MR) is 68.6 cm³/mol. The largest absolute Gasteiger partial charge is 0.389 e. The average molecular weight is 252 g/mol. The molecule has 1 saturated carbocycles. The molecule has 1 atom stereocenters. The van der Waals surface area contributed by atoms with E-state index < -0.39 is 5.60 Å². The van der Waals surface area contributed by atoms with Crippen LogP contribution in [0, 0.1) is 11.7 Å². The zero-order chi connectivity index (χ0) is 13.2. The zero-order valence-electron chi connectivity index (χ0n) is 11.0. The Morgan fingerprint density at radius 3 is 2.61 bits per heavy atom. The SMILES string of the molecule is CC(C)C(NCC1(O)CCC1)c1ccc(F)cn1. The van der Waals surface area contributed by atoms with Crippen LogP contribution in [0.25, 0.3) is 0 Å². The van der Waals surface area contributed by atoms with Gasteiger partial charge in [-0.25, -0.2) is 4.39 Å². The van der Waals surface area contributed by atoms with E-state index in [2.05, 4.69) is 24.1 Å². The monoisotopic (exact) mass is 252 g/mol. The molecule has 2 rings (SSSR count). The smallest absolute Gasteiger partial charge is 0.141 e. The van der Waals surface area contributed by atoms with Crippen molar-refractivity contribution in [2.45, 2.75) is 44.8 Å². The van der Waals surface area contributed by atoms with E-state index in [0.717, 1.165) is 25.0 Å². The summed E-state index contributed by atoms with van der Waals surface area (Å²) < 4.78 is 12.9. The fraction of sp³-hybridized carbons (Fsp3) is 0.643. The van der Waals surface area contributed by atoms with Crippen LogP contribution >= 0.6 is 0 Å². The molecule has 1 aliphatic rings. The van der Waals surface area contributed by atoms with Crippen LogP contribution in [0.2, 0.25) is 0 Å². The first kappa shape index (κ1) is 13.4. The number of hydrogen-bond donors (Lipinski definition) is 2. The van der Waals surface area contributed by atoms with Gasteiger partial charge in [-0.05, 0) is 37.3 Å². The van der Waals surface area contributed by atoms with E-state index >= 15 is 0 Å². The fourth-order valence-corrected chi connectivity index (χ4v) is 2.31. The molecular weight excluding hydrogens is 231 g/mol. The summed E-state index contributed by atoms with van der Waals surface area (Å²) in [6.07, 6.45) is 4.06. The van der Waals surface area contributed by atoms with Crippen molar-refractivity contribution in [1.29, 1.82) is 0 Å². The summed E-state index contributed by atoms with van der Waals surface area (Å²) in [5.74, 6) is 0.0190. The van der Waals surface area contributed by atoms with Crippen molar-refractivity contribution in [3.63, 3.8) is 0 Å². The van der Waals surface area contributed by atoms with Crippen LogP contribution in [0.1, 0.15) is 44.8 Å². The number of nitrogens with one attached hydrogen (secondary N) is 1. The lowest BCUT2D eigenvalue weighted by Crippen LogP contribution is -2.47. The lowest BCUT2D eigenvalue weighted by atomic mass is 9.80. The highest BCUT2D eigenvalue weighted by atomic mass is 19.1. The number of hydrogen-bond acceptors (Lipinski definition) is 3. The number of aromatic nitrogens is 1. The number of rotatable bonds is 5. The summed E-state index contributed by atoms with van der Waals surface area (Å²) in [6.45, 7) is 4.76. The molecule has 1 fully saturated rings. The van der Waals surface area contributed by atoms with Crippen molar-refractivity contribution in [1.82, 2.24) is 10.3 Å². The average Bonchev–Trinajstić information content (AvgIpc) is 2.29. The van der Waals surface area contributed by atoms with Gasteiger partial charge in [0.05, 0.1) is 23.5 Å². The first-order chi connectivity index (χ1) is 8.50. The van der Waals surface area contributed by atoms with E-state index in [-0.39, 0.29) is 11.9 Å². The van der Waals surface area contributed by atoms with E-state index in [1.54, 1.807) is 6.07 Å². The molecule has 0 bridgehead atoms. The molecular formula is C14H21FN2O. The van der Waals surface area contributed by atoms with E-state index in [1.165, 1.54) is 12.3 Å². The Hall–Kier alpha value is -1.00. The number of aliphatic hydroxyl groups is 1. The Morgan fingerprint density at radius 2 is 2.17 bits per heavy atom. The van der Waals surface area contributed by atoms with Crippen LogP contribution in [0.5, 0.6) is 0 Å². The molecule has 1 heterocycles. The summed E-state index contributed by atoms with van der Waals surface area (Å²) in [7, 11) is 0.